The predicted octanol–water partition coefficient (Wildman–Crippen LogP) is 2.75. The average Bonchev–Trinajstić information content (AvgIpc) is 2.54. The highest BCUT2D eigenvalue weighted by molar-refractivity contribution is 7.92. The molecule has 0 saturated carbocycles. The summed E-state index contributed by atoms with van der Waals surface area (Å²) in [5.41, 5.74) is 2.18. The van der Waals surface area contributed by atoms with Crippen LogP contribution in [0.1, 0.15) is 5.56 Å². The second-order valence-electron chi connectivity index (χ2n) is 4.99. The van der Waals surface area contributed by atoms with Crippen LogP contribution in [0.3, 0.4) is 0 Å². The molecule has 3 rings (SSSR count). The van der Waals surface area contributed by atoms with E-state index in [9.17, 15) is 8.42 Å². The number of rotatable bonds is 4. The van der Waals surface area contributed by atoms with E-state index in [0.717, 1.165) is 5.56 Å². The molecule has 0 unspecified atom stereocenters. The van der Waals surface area contributed by atoms with Crippen LogP contribution in [-0.4, -0.2) is 25.5 Å². The van der Waals surface area contributed by atoms with E-state index in [-0.39, 0.29) is 16.6 Å². The Morgan fingerprint density at radius 1 is 0.957 bits per heavy atom. The molecule has 0 saturated heterocycles. The van der Waals surface area contributed by atoms with Gasteiger partial charge in [0.15, 0.2) is 0 Å². The molecule has 23 heavy (non-hydrogen) atoms. The summed E-state index contributed by atoms with van der Waals surface area (Å²) in [5, 5.41) is 0. The first-order valence-corrected chi connectivity index (χ1v) is 8.38. The summed E-state index contributed by atoms with van der Waals surface area (Å²) >= 11 is 0. The van der Waals surface area contributed by atoms with Crippen LogP contribution in [0, 0.1) is 6.92 Å². The van der Waals surface area contributed by atoms with Crippen molar-refractivity contribution in [3.05, 3.63) is 54.1 Å². The first-order valence-electron chi connectivity index (χ1n) is 6.90. The molecule has 0 aliphatic carbocycles. The van der Waals surface area contributed by atoms with E-state index >= 15 is 0 Å². The summed E-state index contributed by atoms with van der Waals surface area (Å²) in [4.78, 5) is 8.72. The van der Waals surface area contributed by atoms with Gasteiger partial charge in [-0.2, -0.15) is 0 Å². The summed E-state index contributed by atoms with van der Waals surface area (Å²) in [5.74, 6) is 0.186. The Labute approximate surface area is 134 Å². The van der Waals surface area contributed by atoms with Crippen LogP contribution in [0.15, 0.2) is 53.4 Å². The molecule has 0 atom stereocenters. The number of nitrogens with one attached hydrogen (secondary N) is 1. The molecule has 0 radical (unpaired) electrons. The van der Waals surface area contributed by atoms with Crippen molar-refractivity contribution >= 4 is 26.9 Å². The standard InChI is InChI=1S/C16H15N3O3S/c1-11-7-9-12(10-8-11)23(20,21)19-15-16(22-2)18-14-6-4-3-5-13(14)17-15/h3-10H,1-2H3,(H,17,19). The zero-order valence-electron chi connectivity index (χ0n) is 12.6. The van der Waals surface area contributed by atoms with E-state index in [0.29, 0.717) is 11.0 Å². The maximum Gasteiger partial charge on any atom is 0.263 e. The van der Waals surface area contributed by atoms with E-state index in [1.165, 1.54) is 7.11 Å². The minimum atomic E-state index is -3.76. The van der Waals surface area contributed by atoms with Crippen molar-refractivity contribution in [3.8, 4) is 5.88 Å². The number of anilines is 1. The summed E-state index contributed by atoms with van der Waals surface area (Å²) in [6.45, 7) is 1.89. The number of aryl methyl sites for hydroxylation is 1. The Hall–Kier alpha value is -2.67. The molecule has 0 spiro atoms. The molecule has 1 heterocycles. The molecule has 1 N–H and O–H groups in total. The lowest BCUT2D eigenvalue weighted by atomic mass is 10.2. The Kier molecular flexibility index (Phi) is 3.87. The van der Waals surface area contributed by atoms with E-state index in [1.807, 2.05) is 19.1 Å². The first-order chi connectivity index (χ1) is 11.0. The fourth-order valence-corrected chi connectivity index (χ4v) is 3.10. The van der Waals surface area contributed by atoms with Crippen LogP contribution in [0.2, 0.25) is 0 Å². The minimum Gasteiger partial charge on any atom is -0.478 e. The Balaban J connectivity index is 2.04. The van der Waals surface area contributed by atoms with Crippen LogP contribution < -0.4 is 9.46 Å². The molecule has 7 heteroatoms. The van der Waals surface area contributed by atoms with Crippen molar-refractivity contribution in [1.29, 1.82) is 0 Å². The largest absolute Gasteiger partial charge is 0.478 e. The fourth-order valence-electron chi connectivity index (χ4n) is 2.10. The molecule has 0 fully saturated rings. The Morgan fingerprint density at radius 3 is 2.17 bits per heavy atom. The van der Waals surface area contributed by atoms with Gasteiger partial charge in [0, 0.05) is 0 Å². The number of ether oxygens (including phenoxy) is 1. The maximum atomic E-state index is 12.5. The van der Waals surface area contributed by atoms with Gasteiger partial charge in [0.25, 0.3) is 15.9 Å². The van der Waals surface area contributed by atoms with E-state index in [2.05, 4.69) is 14.7 Å². The molecule has 2 aromatic carbocycles. The predicted molar refractivity (Wildman–Crippen MR) is 88.1 cm³/mol. The summed E-state index contributed by atoms with van der Waals surface area (Å²) < 4.78 is 32.6. The third-order valence-corrected chi connectivity index (χ3v) is 4.65. The van der Waals surface area contributed by atoms with Crippen LogP contribution in [-0.2, 0) is 10.0 Å². The molecule has 0 aliphatic rings. The van der Waals surface area contributed by atoms with Crippen molar-refractivity contribution in [1.82, 2.24) is 9.97 Å². The van der Waals surface area contributed by atoms with E-state index in [1.54, 1.807) is 36.4 Å². The van der Waals surface area contributed by atoms with Crippen molar-refractivity contribution < 1.29 is 13.2 Å². The molecular weight excluding hydrogens is 314 g/mol. The van der Waals surface area contributed by atoms with Gasteiger partial charge >= 0.3 is 0 Å². The fraction of sp³-hybridized carbons (Fsp3) is 0.125. The zero-order valence-corrected chi connectivity index (χ0v) is 13.5. The number of hydrogen-bond donors (Lipinski definition) is 1. The zero-order chi connectivity index (χ0) is 16.4. The van der Waals surface area contributed by atoms with Gasteiger partial charge in [0.05, 0.1) is 23.0 Å². The lowest BCUT2D eigenvalue weighted by Crippen LogP contribution is -2.15. The number of nitrogens with zero attached hydrogens (tertiary/aromatic N) is 2. The first kappa shape index (κ1) is 15.2. The van der Waals surface area contributed by atoms with Gasteiger partial charge in [0.1, 0.15) is 0 Å². The molecule has 3 aromatic rings. The van der Waals surface area contributed by atoms with Crippen LogP contribution in [0.4, 0.5) is 5.82 Å². The van der Waals surface area contributed by atoms with Crippen molar-refractivity contribution in [3.63, 3.8) is 0 Å². The number of para-hydroxylation sites is 2. The second-order valence-corrected chi connectivity index (χ2v) is 6.67. The lowest BCUT2D eigenvalue weighted by Gasteiger charge is -2.11. The second kappa shape index (κ2) is 5.85. The van der Waals surface area contributed by atoms with E-state index in [4.69, 9.17) is 4.74 Å². The van der Waals surface area contributed by atoms with Crippen LogP contribution in [0.25, 0.3) is 11.0 Å². The monoisotopic (exact) mass is 329 g/mol. The van der Waals surface area contributed by atoms with Gasteiger partial charge in [-0.15, -0.1) is 0 Å². The van der Waals surface area contributed by atoms with Crippen molar-refractivity contribution in [2.45, 2.75) is 11.8 Å². The SMILES string of the molecule is COc1nc2ccccc2nc1NS(=O)(=O)c1ccc(C)cc1. The number of methoxy groups -OCH3 is 1. The van der Waals surface area contributed by atoms with Crippen molar-refractivity contribution in [2.75, 3.05) is 11.8 Å². The summed E-state index contributed by atoms with van der Waals surface area (Å²) in [6.07, 6.45) is 0. The van der Waals surface area contributed by atoms with E-state index < -0.39 is 10.0 Å². The molecule has 6 nitrogen and oxygen atoms in total. The highest BCUT2D eigenvalue weighted by Crippen LogP contribution is 2.25. The number of fused-ring (bicyclic) bond motifs is 1. The normalized spacial score (nSPS) is 11.4. The number of sulfonamides is 1. The number of benzene rings is 2. The molecule has 118 valence electrons. The maximum absolute atomic E-state index is 12.5. The smallest absolute Gasteiger partial charge is 0.263 e. The van der Waals surface area contributed by atoms with Gasteiger partial charge < -0.3 is 4.74 Å². The number of hydrogen-bond acceptors (Lipinski definition) is 5. The van der Waals surface area contributed by atoms with Gasteiger partial charge in [-0.25, -0.2) is 18.4 Å². The van der Waals surface area contributed by atoms with Gasteiger partial charge in [-0.1, -0.05) is 29.8 Å². The topological polar surface area (TPSA) is 81.2 Å². The highest BCUT2D eigenvalue weighted by atomic mass is 32.2. The molecule has 0 bridgehead atoms. The van der Waals surface area contributed by atoms with Gasteiger partial charge in [-0.05, 0) is 31.2 Å². The average molecular weight is 329 g/mol. The van der Waals surface area contributed by atoms with Crippen LogP contribution in [0.5, 0.6) is 5.88 Å². The Morgan fingerprint density at radius 2 is 1.57 bits per heavy atom. The Bertz CT molecular complexity index is 954. The van der Waals surface area contributed by atoms with Crippen LogP contribution >= 0.6 is 0 Å². The van der Waals surface area contributed by atoms with Crippen molar-refractivity contribution in [2.24, 2.45) is 0 Å². The third kappa shape index (κ3) is 3.09. The minimum absolute atomic E-state index is 0.0618. The lowest BCUT2D eigenvalue weighted by molar-refractivity contribution is 0.400. The molecule has 0 amide bonds. The highest BCUT2D eigenvalue weighted by Gasteiger charge is 2.19. The molecule has 0 aliphatic heterocycles. The summed E-state index contributed by atoms with van der Waals surface area (Å²) in [7, 11) is -2.34. The van der Waals surface area contributed by atoms with Gasteiger partial charge in [-0.3, -0.25) is 4.72 Å². The third-order valence-electron chi connectivity index (χ3n) is 3.29. The molecule has 1 aromatic heterocycles. The quantitative estimate of drug-likeness (QED) is 0.796. The molecular formula is C16H15N3O3S. The summed E-state index contributed by atoms with van der Waals surface area (Å²) in [6, 6.07) is 13.7. The number of aromatic nitrogens is 2. The van der Waals surface area contributed by atoms with Gasteiger partial charge in [0.2, 0.25) is 5.82 Å².